The van der Waals surface area contributed by atoms with Crippen molar-refractivity contribution < 1.29 is 28.1 Å². The zero-order valence-corrected chi connectivity index (χ0v) is 16.1. The maximum absolute atomic E-state index is 16.7. The summed E-state index contributed by atoms with van der Waals surface area (Å²) in [6, 6.07) is 1.93. The first-order valence-electron chi connectivity index (χ1n) is 9.28. The van der Waals surface area contributed by atoms with Gasteiger partial charge in [-0.3, -0.25) is 4.79 Å². The maximum atomic E-state index is 16.7. The van der Waals surface area contributed by atoms with E-state index in [-0.39, 0.29) is 12.5 Å². The molecule has 1 saturated heterocycles. The van der Waals surface area contributed by atoms with Crippen LogP contribution in [-0.2, 0) is 14.2 Å². The third-order valence-electron chi connectivity index (χ3n) is 5.61. The molecule has 1 aromatic rings. The molecular formula is C19H24BFN2O4. The van der Waals surface area contributed by atoms with Gasteiger partial charge in [0.15, 0.2) is 5.70 Å². The first-order valence-corrected chi connectivity index (χ1v) is 9.28. The summed E-state index contributed by atoms with van der Waals surface area (Å²) in [7, 11) is 0. The van der Waals surface area contributed by atoms with Gasteiger partial charge >= 0.3 is 12.9 Å². The smallest absolute Gasteiger partial charge is 0.481 e. The molecule has 0 aromatic carbocycles. The van der Waals surface area contributed by atoms with Crippen molar-refractivity contribution in [1.82, 2.24) is 4.48 Å². The van der Waals surface area contributed by atoms with E-state index in [4.69, 9.17) is 9.39 Å². The molecule has 1 unspecified atom stereocenters. The van der Waals surface area contributed by atoms with Gasteiger partial charge in [-0.15, -0.1) is 0 Å². The van der Waals surface area contributed by atoms with E-state index >= 15 is 4.32 Å². The van der Waals surface area contributed by atoms with Crippen molar-refractivity contribution in [3.8, 4) is 0 Å². The van der Waals surface area contributed by atoms with E-state index in [1.807, 2.05) is 39.8 Å². The zero-order chi connectivity index (χ0) is 19.5. The van der Waals surface area contributed by atoms with Gasteiger partial charge in [-0.2, -0.15) is 0 Å². The van der Waals surface area contributed by atoms with Crippen LogP contribution in [-0.4, -0.2) is 52.0 Å². The molecule has 0 amide bonds. The van der Waals surface area contributed by atoms with E-state index < -0.39 is 12.9 Å². The van der Waals surface area contributed by atoms with E-state index in [9.17, 15) is 9.90 Å². The second kappa shape index (κ2) is 6.17. The van der Waals surface area contributed by atoms with Crippen molar-refractivity contribution in [2.24, 2.45) is 0 Å². The first-order chi connectivity index (χ1) is 12.7. The summed E-state index contributed by atoms with van der Waals surface area (Å²) >= 11 is 0. The molecule has 1 fully saturated rings. The third kappa shape index (κ3) is 2.62. The number of carboxylic acid groups (broad SMARTS) is 1. The summed E-state index contributed by atoms with van der Waals surface area (Å²) in [6.45, 7) is 5.30. The van der Waals surface area contributed by atoms with Gasteiger partial charge in [0.1, 0.15) is 5.71 Å². The molecule has 0 radical (unpaired) electrons. The predicted molar refractivity (Wildman–Crippen MR) is 100 cm³/mol. The number of rotatable bonds is 5. The number of allylic oxidation sites excluding steroid dienone is 3. The van der Waals surface area contributed by atoms with Crippen LogP contribution in [0.2, 0.25) is 0 Å². The van der Waals surface area contributed by atoms with Gasteiger partial charge in [0.25, 0.3) is 0 Å². The summed E-state index contributed by atoms with van der Waals surface area (Å²) in [4.78, 5) is 11.2. The van der Waals surface area contributed by atoms with Crippen molar-refractivity contribution in [2.45, 2.75) is 46.6 Å². The zero-order valence-electron chi connectivity index (χ0n) is 16.1. The van der Waals surface area contributed by atoms with Crippen molar-refractivity contribution in [3.05, 3.63) is 40.4 Å². The number of aromatic nitrogens is 1. The Hall–Kier alpha value is -2.19. The summed E-state index contributed by atoms with van der Waals surface area (Å²) in [5.74, 6) is -0.868. The Labute approximate surface area is 157 Å². The van der Waals surface area contributed by atoms with Crippen molar-refractivity contribution >= 4 is 24.1 Å². The van der Waals surface area contributed by atoms with Gasteiger partial charge in [-0.1, -0.05) is 0 Å². The monoisotopic (exact) mass is 374 g/mol. The van der Waals surface area contributed by atoms with E-state index in [1.165, 1.54) is 0 Å². The number of hydrogen-bond donors (Lipinski definition) is 1. The lowest BCUT2D eigenvalue weighted by Crippen LogP contribution is -2.61. The lowest BCUT2D eigenvalue weighted by Gasteiger charge is -2.42. The molecule has 6 nitrogen and oxygen atoms in total. The highest BCUT2D eigenvalue weighted by molar-refractivity contribution is 6.59. The van der Waals surface area contributed by atoms with Crippen LogP contribution in [0, 0.1) is 13.8 Å². The summed E-state index contributed by atoms with van der Waals surface area (Å²) in [6.07, 6.45) is 1.97. The summed E-state index contributed by atoms with van der Waals surface area (Å²) in [5.41, 5.74) is 5.71. The molecule has 4 heterocycles. The normalized spacial score (nSPS) is 24.7. The van der Waals surface area contributed by atoms with Gasteiger partial charge in [0, 0.05) is 36.3 Å². The molecule has 1 atom stereocenters. The van der Waals surface area contributed by atoms with E-state index in [0.717, 1.165) is 39.5 Å². The molecule has 4 rings (SSSR count). The minimum atomic E-state index is -3.05. The predicted octanol–water partition coefficient (Wildman–Crippen LogP) is 2.80. The van der Waals surface area contributed by atoms with Crippen molar-refractivity contribution in [2.75, 3.05) is 13.2 Å². The Kier molecular flexibility index (Phi) is 4.16. The van der Waals surface area contributed by atoms with Crippen LogP contribution in [0.3, 0.4) is 0 Å². The fourth-order valence-corrected chi connectivity index (χ4v) is 4.58. The van der Waals surface area contributed by atoms with Crippen LogP contribution >= 0.6 is 0 Å². The molecule has 0 spiro atoms. The molecular weight excluding hydrogens is 350 g/mol. The molecule has 27 heavy (non-hydrogen) atoms. The number of aliphatic carboxylic acids is 1. The number of carboxylic acids is 1. The number of aryl methyl sites for hydroxylation is 2. The Morgan fingerprint density at radius 2 is 2.11 bits per heavy atom. The summed E-state index contributed by atoms with van der Waals surface area (Å²) in [5, 5.41) is 9.21. The van der Waals surface area contributed by atoms with Gasteiger partial charge in [-0.05, 0) is 44.5 Å². The second-order valence-corrected chi connectivity index (χ2v) is 7.65. The molecule has 144 valence electrons. The number of hydrogen-bond acceptors (Lipinski definition) is 3. The number of halogens is 1. The van der Waals surface area contributed by atoms with E-state index in [0.29, 0.717) is 19.6 Å². The molecule has 1 N–H and O–H groups in total. The van der Waals surface area contributed by atoms with E-state index in [2.05, 4.69) is 0 Å². The number of carbonyl (C=O) groups is 1. The molecule has 1 aromatic heterocycles. The standard InChI is InChI=1S/C19H24BFN2O4/c1-11-7-13(3)22-18(11)16(5-6-17(24)25)19-12(2)8-14(4)23(19)20(22,21)27-15-9-26-10-15/h7-8,15H,5-6,9-10H2,1-4H3,(H,24,25). The lowest BCUT2D eigenvalue weighted by atomic mass is 9.81. The van der Waals surface area contributed by atoms with Crippen LogP contribution in [0.1, 0.15) is 43.6 Å². The van der Waals surface area contributed by atoms with Crippen molar-refractivity contribution in [3.63, 3.8) is 0 Å². The minimum Gasteiger partial charge on any atom is -0.481 e. The fraction of sp³-hybridized carbons (Fsp3) is 0.474. The quantitative estimate of drug-likeness (QED) is 0.806. The SMILES string of the molecule is CC1=CC(C)=[N+]2C1=C(CCC(=O)O)c1c(C)cc(C)n1[B-]2(F)OC1COC1. The highest BCUT2D eigenvalue weighted by atomic mass is 19.1. The van der Waals surface area contributed by atoms with Gasteiger partial charge < -0.3 is 27.8 Å². The molecule has 0 bridgehead atoms. The second-order valence-electron chi connectivity index (χ2n) is 7.65. The van der Waals surface area contributed by atoms with Crippen LogP contribution < -0.4 is 0 Å². The highest BCUT2D eigenvalue weighted by Crippen LogP contribution is 2.43. The fourth-order valence-electron chi connectivity index (χ4n) is 4.58. The summed E-state index contributed by atoms with van der Waals surface area (Å²) < 4.78 is 31.2. The van der Waals surface area contributed by atoms with Gasteiger partial charge in [-0.25, -0.2) is 0 Å². The Morgan fingerprint density at radius 1 is 1.41 bits per heavy atom. The van der Waals surface area contributed by atoms with Crippen LogP contribution in [0.15, 0.2) is 23.4 Å². The number of nitrogens with zero attached hydrogens (tertiary/aromatic N) is 2. The van der Waals surface area contributed by atoms with Gasteiger partial charge in [0.05, 0.1) is 19.3 Å². The molecule has 3 aliphatic rings. The third-order valence-corrected chi connectivity index (χ3v) is 5.61. The minimum absolute atomic E-state index is 0.00766. The maximum Gasteiger partial charge on any atom is 0.701 e. The number of ether oxygens (including phenoxy) is 1. The Balaban J connectivity index is 1.96. The largest absolute Gasteiger partial charge is 0.701 e. The average Bonchev–Trinajstić information content (AvgIpc) is 3.01. The van der Waals surface area contributed by atoms with Gasteiger partial charge in [0.2, 0.25) is 0 Å². The van der Waals surface area contributed by atoms with Crippen molar-refractivity contribution in [1.29, 1.82) is 0 Å². The first kappa shape index (κ1) is 18.2. The highest BCUT2D eigenvalue weighted by Gasteiger charge is 2.57. The van der Waals surface area contributed by atoms with Crippen LogP contribution in [0.25, 0.3) is 5.57 Å². The average molecular weight is 374 g/mol. The lowest BCUT2D eigenvalue weighted by molar-refractivity contribution is -0.381. The molecule has 8 heteroatoms. The molecule has 0 saturated carbocycles. The van der Waals surface area contributed by atoms with Crippen LogP contribution in [0.4, 0.5) is 4.32 Å². The Bertz CT molecular complexity index is 942. The molecule has 0 aliphatic carbocycles. The number of fused-ring (bicyclic) bond motifs is 2. The van der Waals surface area contributed by atoms with E-state index in [1.54, 1.807) is 8.96 Å². The van der Waals surface area contributed by atoms with Crippen LogP contribution in [0.5, 0.6) is 0 Å². The molecule has 3 aliphatic heterocycles. The topological polar surface area (TPSA) is 63.7 Å². The Morgan fingerprint density at radius 3 is 2.70 bits per heavy atom.